The number of nitrogen functional groups attached to an aromatic ring is 1. The van der Waals surface area contributed by atoms with Gasteiger partial charge in [0.05, 0.1) is 12.2 Å². The van der Waals surface area contributed by atoms with Crippen molar-refractivity contribution in [2.24, 2.45) is 7.05 Å². The Morgan fingerprint density at radius 3 is 3.06 bits per heavy atom. The van der Waals surface area contributed by atoms with E-state index in [1.54, 1.807) is 11.7 Å². The first-order valence-electron chi connectivity index (χ1n) is 5.40. The summed E-state index contributed by atoms with van der Waals surface area (Å²) in [6, 6.07) is 7.79. The number of nitrogens with one attached hydrogen (secondary N) is 1. The second-order valence-corrected chi connectivity index (χ2v) is 3.94. The highest BCUT2D eigenvalue weighted by molar-refractivity contribution is 5.57. The zero-order valence-electron chi connectivity index (χ0n) is 9.42. The van der Waals surface area contributed by atoms with Crippen molar-refractivity contribution in [3.05, 3.63) is 30.1 Å². The predicted molar refractivity (Wildman–Crippen MR) is 63.7 cm³/mol. The van der Waals surface area contributed by atoms with Crippen LogP contribution in [0.5, 0.6) is 5.75 Å². The third-order valence-corrected chi connectivity index (χ3v) is 2.74. The van der Waals surface area contributed by atoms with E-state index in [1.165, 1.54) is 0 Å². The zero-order valence-corrected chi connectivity index (χ0v) is 9.42. The quantitative estimate of drug-likeness (QED) is 0.763. The molecule has 1 aromatic heterocycles. The molecule has 0 aliphatic carbocycles. The Bertz CT molecular complexity index is 531. The first-order chi connectivity index (χ1) is 8.24. The molecule has 1 unspecified atom stereocenters. The lowest BCUT2D eigenvalue weighted by Crippen LogP contribution is -2.24. The molecule has 0 spiro atoms. The van der Waals surface area contributed by atoms with Gasteiger partial charge in [0.1, 0.15) is 5.75 Å². The van der Waals surface area contributed by atoms with Gasteiger partial charge >= 0.3 is 0 Å². The second-order valence-electron chi connectivity index (χ2n) is 3.94. The van der Waals surface area contributed by atoms with Gasteiger partial charge < -0.3 is 15.8 Å². The van der Waals surface area contributed by atoms with E-state index >= 15 is 0 Å². The lowest BCUT2D eigenvalue weighted by molar-refractivity contribution is 0.200. The number of hydrogen-bond acceptors (Lipinski definition) is 5. The molecule has 0 radical (unpaired) electrons. The van der Waals surface area contributed by atoms with E-state index in [9.17, 15) is 0 Å². The molecule has 3 N–H and O–H groups in total. The van der Waals surface area contributed by atoms with E-state index in [2.05, 4.69) is 15.4 Å². The molecule has 0 saturated heterocycles. The average molecular weight is 231 g/mol. The summed E-state index contributed by atoms with van der Waals surface area (Å²) in [6.45, 7) is 0.639. The van der Waals surface area contributed by atoms with Gasteiger partial charge in [-0.05, 0) is 12.1 Å². The molecule has 6 heteroatoms. The maximum atomic E-state index is 5.83. The number of benzene rings is 1. The van der Waals surface area contributed by atoms with E-state index in [4.69, 9.17) is 10.5 Å². The zero-order chi connectivity index (χ0) is 11.8. The van der Waals surface area contributed by atoms with Crippen LogP contribution >= 0.6 is 0 Å². The smallest absolute Gasteiger partial charge is 0.218 e. The van der Waals surface area contributed by atoms with Crippen LogP contribution in [0.4, 0.5) is 11.6 Å². The summed E-state index contributed by atoms with van der Waals surface area (Å²) in [5, 5.41) is 7.51. The van der Waals surface area contributed by atoms with Crippen molar-refractivity contribution in [2.75, 3.05) is 17.6 Å². The van der Waals surface area contributed by atoms with Gasteiger partial charge in [0, 0.05) is 7.05 Å². The topological polar surface area (TPSA) is 78.0 Å². The Balaban J connectivity index is 1.89. The van der Waals surface area contributed by atoms with E-state index in [-0.39, 0.29) is 6.10 Å². The normalized spacial score (nSPS) is 18.1. The first-order valence-corrected chi connectivity index (χ1v) is 5.40. The molecule has 1 aliphatic heterocycles. The van der Waals surface area contributed by atoms with E-state index in [0.717, 1.165) is 11.4 Å². The third-order valence-electron chi connectivity index (χ3n) is 2.74. The number of hydrogen-bond donors (Lipinski definition) is 2. The highest BCUT2D eigenvalue weighted by atomic mass is 16.5. The lowest BCUT2D eigenvalue weighted by atomic mass is 10.2. The van der Waals surface area contributed by atoms with Crippen LogP contribution < -0.4 is 15.8 Å². The highest BCUT2D eigenvalue weighted by Crippen LogP contribution is 2.32. The van der Waals surface area contributed by atoms with Crippen molar-refractivity contribution < 1.29 is 4.74 Å². The fraction of sp³-hybridized carbons (Fsp3) is 0.273. The summed E-state index contributed by atoms with van der Waals surface area (Å²) in [5.74, 6) is 1.81. The summed E-state index contributed by atoms with van der Waals surface area (Å²) in [4.78, 5) is 4.17. The molecule has 0 amide bonds. The molecule has 0 fully saturated rings. The van der Waals surface area contributed by atoms with Gasteiger partial charge in [0.2, 0.25) is 5.95 Å². The van der Waals surface area contributed by atoms with Gasteiger partial charge in [-0.1, -0.05) is 12.1 Å². The van der Waals surface area contributed by atoms with Crippen LogP contribution in [-0.4, -0.2) is 21.3 Å². The van der Waals surface area contributed by atoms with Crippen LogP contribution in [0.25, 0.3) is 0 Å². The standard InChI is InChI=1S/C11H13N5O/c1-16-11(12)14-10(15-16)9-6-13-7-4-2-3-5-8(7)17-9/h2-5,9,13H,6H2,1H3,(H2,12,14,15). The number of aromatic nitrogens is 3. The Morgan fingerprint density at radius 1 is 1.47 bits per heavy atom. The molecule has 17 heavy (non-hydrogen) atoms. The number of fused-ring (bicyclic) bond motifs is 1. The van der Waals surface area contributed by atoms with Crippen LogP contribution in [0.3, 0.4) is 0 Å². The summed E-state index contributed by atoms with van der Waals surface area (Å²) in [6.07, 6.45) is -0.201. The minimum absolute atomic E-state index is 0.201. The number of para-hydroxylation sites is 2. The van der Waals surface area contributed by atoms with Crippen molar-refractivity contribution in [3.8, 4) is 5.75 Å². The van der Waals surface area contributed by atoms with Gasteiger partial charge in [-0.3, -0.25) is 0 Å². The van der Waals surface area contributed by atoms with Gasteiger partial charge in [-0.2, -0.15) is 10.1 Å². The average Bonchev–Trinajstić information content (AvgIpc) is 2.69. The van der Waals surface area contributed by atoms with E-state index in [1.807, 2.05) is 24.3 Å². The van der Waals surface area contributed by atoms with Crippen LogP contribution in [0.15, 0.2) is 24.3 Å². The fourth-order valence-electron chi connectivity index (χ4n) is 1.81. The van der Waals surface area contributed by atoms with Crippen LogP contribution in [-0.2, 0) is 7.05 Å². The molecule has 1 atom stereocenters. The summed E-state index contributed by atoms with van der Waals surface area (Å²) in [5.41, 5.74) is 6.65. The Morgan fingerprint density at radius 2 is 2.29 bits per heavy atom. The maximum Gasteiger partial charge on any atom is 0.218 e. The molecule has 3 rings (SSSR count). The molecule has 2 aromatic rings. The van der Waals surface area contributed by atoms with Crippen LogP contribution in [0.1, 0.15) is 11.9 Å². The summed E-state index contributed by atoms with van der Waals surface area (Å²) in [7, 11) is 1.76. The van der Waals surface area contributed by atoms with Crippen molar-refractivity contribution >= 4 is 11.6 Å². The van der Waals surface area contributed by atoms with Crippen LogP contribution in [0.2, 0.25) is 0 Å². The number of aryl methyl sites for hydroxylation is 1. The van der Waals surface area contributed by atoms with Gasteiger partial charge in [-0.15, -0.1) is 0 Å². The van der Waals surface area contributed by atoms with Crippen molar-refractivity contribution in [1.82, 2.24) is 14.8 Å². The van der Waals surface area contributed by atoms with Crippen molar-refractivity contribution in [3.63, 3.8) is 0 Å². The number of anilines is 2. The molecule has 1 aromatic carbocycles. The van der Waals surface area contributed by atoms with Gasteiger partial charge in [-0.25, -0.2) is 4.68 Å². The van der Waals surface area contributed by atoms with E-state index in [0.29, 0.717) is 18.3 Å². The fourth-order valence-corrected chi connectivity index (χ4v) is 1.81. The third kappa shape index (κ3) is 1.67. The summed E-state index contributed by atoms with van der Waals surface area (Å²) < 4.78 is 7.37. The molecule has 0 bridgehead atoms. The molecule has 6 nitrogen and oxygen atoms in total. The van der Waals surface area contributed by atoms with Crippen molar-refractivity contribution in [1.29, 1.82) is 0 Å². The maximum absolute atomic E-state index is 5.83. The first kappa shape index (κ1) is 9.95. The molecule has 0 saturated carbocycles. The molecular weight excluding hydrogens is 218 g/mol. The van der Waals surface area contributed by atoms with Gasteiger partial charge in [0.15, 0.2) is 11.9 Å². The number of rotatable bonds is 1. The van der Waals surface area contributed by atoms with E-state index < -0.39 is 0 Å². The Hall–Kier alpha value is -2.24. The predicted octanol–water partition coefficient (Wildman–Crippen LogP) is 0.943. The lowest BCUT2D eigenvalue weighted by Gasteiger charge is -2.25. The summed E-state index contributed by atoms with van der Waals surface area (Å²) >= 11 is 0. The second kappa shape index (κ2) is 3.65. The molecule has 2 heterocycles. The molecular formula is C11H13N5O. The minimum atomic E-state index is -0.201. The Labute approximate surface area is 98.4 Å². The molecule has 88 valence electrons. The SMILES string of the molecule is Cn1nc(C2CNc3ccccc3O2)nc1N. The van der Waals surface area contributed by atoms with Crippen LogP contribution in [0, 0.1) is 0 Å². The number of nitrogens with zero attached hydrogens (tertiary/aromatic N) is 3. The largest absolute Gasteiger partial charge is 0.478 e. The molecule has 1 aliphatic rings. The number of nitrogens with two attached hydrogens (primary N) is 1. The highest BCUT2D eigenvalue weighted by Gasteiger charge is 2.24. The Kier molecular flexibility index (Phi) is 2.14. The number of ether oxygens (including phenoxy) is 1. The monoisotopic (exact) mass is 231 g/mol. The van der Waals surface area contributed by atoms with Gasteiger partial charge in [0.25, 0.3) is 0 Å². The minimum Gasteiger partial charge on any atom is -0.478 e. The van der Waals surface area contributed by atoms with Crippen molar-refractivity contribution in [2.45, 2.75) is 6.10 Å².